The minimum absolute atomic E-state index is 0.459. The van der Waals surface area contributed by atoms with Gasteiger partial charge in [-0.15, -0.1) is 0 Å². The summed E-state index contributed by atoms with van der Waals surface area (Å²) in [6.45, 7) is 1.88. The summed E-state index contributed by atoms with van der Waals surface area (Å²) < 4.78 is 5.69. The Balaban J connectivity index is 2.26. The van der Waals surface area contributed by atoms with Gasteiger partial charge in [-0.2, -0.15) is 0 Å². The third kappa shape index (κ3) is 2.86. The molecule has 17 heavy (non-hydrogen) atoms. The van der Waals surface area contributed by atoms with Crippen molar-refractivity contribution in [1.82, 2.24) is 0 Å². The van der Waals surface area contributed by atoms with E-state index in [1.165, 1.54) is 0 Å². The molecule has 0 unspecified atom stereocenters. The fraction of sp³-hybridized carbons (Fsp3) is 0.0714. The maximum absolute atomic E-state index is 11.0. The van der Waals surface area contributed by atoms with Gasteiger partial charge < -0.3 is 4.74 Å². The zero-order valence-electron chi connectivity index (χ0n) is 9.31. The molecule has 0 aliphatic rings. The lowest BCUT2D eigenvalue weighted by Crippen LogP contribution is -1.92. The molecule has 0 amide bonds. The first kappa shape index (κ1) is 11.7. The average Bonchev–Trinajstić information content (AvgIpc) is 2.33. The third-order valence-corrected chi connectivity index (χ3v) is 2.59. The SMILES string of the molecule is Cc1cc(C(=O)Cl)ccc1Oc1ccccc1. The van der Waals surface area contributed by atoms with Gasteiger partial charge >= 0.3 is 0 Å². The van der Waals surface area contributed by atoms with Crippen LogP contribution in [0, 0.1) is 6.92 Å². The van der Waals surface area contributed by atoms with Crippen LogP contribution in [-0.4, -0.2) is 5.24 Å². The minimum atomic E-state index is -0.459. The van der Waals surface area contributed by atoms with Gasteiger partial charge in [0.15, 0.2) is 0 Å². The van der Waals surface area contributed by atoms with E-state index >= 15 is 0 Å². The molecule has 2 nitrogen and oxygen atoms in total. The summed E-state index contributed by atoms with van der Waals surface area (Å²) in [5.41, 5.74) is 1.35. The highest BCUT2D eigenvalue weighted by Gasteiger charge is 2.06. The molecule has 0 fully saturated rings. The van der Waals surface area contributed by atoms with Gasteiger partial charge in [-0.1, -0.05) is 18.2 Å². The summed E-state index contributed by atoms with van der Waals surface area (Å²) in [6.07, 6.45) is 0. The van der Waals surface area contributed by atoms with E-state index in [4.69, 9.17) is 16.3 Å². The number of benzene rings is 2. The van der Waals surface area contributed by atoms with E-state index in [0.29, 0.717) is 5.56 Å². The molecule has 3 heteroatoms. The molecule has 2 aromatic rings. The zero-order chi connectivity index (χ0) is 12.3. The van der Waals surface area contributed by atoms with Gasteiger partial charge in [0.1, 0.15) is 11.5 Å². The van der Waals surface area contributed by atoms with Gasteiger partial charge in [-0.3, -0.25) is 4.79 Å². The minimum Gasteiger partial charge on any atom is -0.457 e. The second-order valence-electron chi connectivity index (χ2n) is 3.67. The zero-order valence-corrected chi connectivity index (χ0v) is 10.1. The highest BCUT2D eigenvalue weighted by atomic mass is 35.5. The predicted molar refractivity (Wildman–Crippen MR) is 67.9 cm³/mol. The Hall–Kier alpha value is -1.80. The Bertz CT molecular complexity index is 535. The number of rotatable bonds is 3. The van der Waals surface area contributed by atoms with Gasteiger partial charge in [-0.25, -0.2) is 0 Å². The molecule has 0 saturated heterocycles. The molecule has 0 radical (unpaired) electrons. The van der Waals surface area contributed by atoms with Crippen molar-refractivity contribution >= 4 is 16.8 Å². The molecule has 86 valence electrons. The lowest BCUT2D eigenvalue weighted by molar-refractivity contribution is 0.108. The number of aryl methyl sites for hydroxylation is 1. The van der Waals surface area contributed by atoms with Gasteiger partial charge in [0.25, 0.3) is 5.24 Å². The highest BCUT2D eigenvalue weighted by molar-refractivity contribution is 6.67. The second-order valence-corrected chi connectivity index (χ2v) is 4.01. The first-order valence-corrected chi connectivity index (χ1v) is 5.58. The molecule has 0 aliphatic heterocycles. The van der Waals surface area contributed by atoms with Crippen LogP contribution >= 0.6 is 11.6 Å². The molecule has 0 aromatic heterocycles. The Kier molecular flexibility index (Phi) is 3.45. The fourth-order valence-corrected chi connectivity index (χ4v) is 1.62. The summed E-state index contributed by atoms with van der Waals surface area (Å²) in [6, 6.07) is 14.6. The van der Waals surface area contributed by atoms with Gasteiger partial charge in [0.05, 0.1) is 0 Å². The summed E-state index contributed by atoms with van der Waals surface area (Å²) in [7, 11) is 0. The highest BCUT2D eigenvalue weighted by Crippen LogP contribution is 2.25. The average molecular weight is 247 g/mol. The van der Waals surface area contributed by atoms with Crippen molar-refractivity contribution in [3.05, 3.63) is 59.7 Å². The predicted octanol–water partition coefficient (Wildman–Crippen LogP) is 4.17. The van der Waals surface area contributed by atoms with Gasteiger partial charge in [0, 0.05) is 5.56 Å². The van der Waals surface area contributed by atoms with Crippen molar-refractivity contribution in [3.63, 3.8) is 0 Å². The smallest absolute Gasteiger partial charge is 0.252 e. The number of para-hydroxylation sites is 1. The summed E-state index contributed by atoms with van der Waals surface area (Å²) in [4.78, 5) is 11.0. The van der Waals surface area contributed by atoms with Crippen LogP contribution < -0.4 is 4.74 Å². The molecular formula is C14H11ClO2. The van der Waals surface area contributed by atoms with Crippen LogP contribution in [0.2, 0.25) is 0 Å². The first-order chi connectivity index (χ1) is 8.16. The molecule has 2 aromatic carbocycles. The molecule has 2 rings (SSSR count). The normalized spacial score (nSPS) is 10.0. The molecule has 0 heterocycles. The Labute approximate surface area is 105 Å². The number of halogens is 1. The first-order valence-electron chi connectivity index (χ1n) is 5.20. The fourth-order valence-electron chi connectivity index (χ4n) is 1.50. The van der Waals surface area contributed by atoms with Crippen molar-refractivity contribution in [3.8, 4) is 11.5 Å². The van der Waals surface area contributed by atoms with E-state index in [1.807, 2.05) is 37.3 Å². The summed E-state index contributed by atoms with van der Waals surface area (Å²) in [5, 5.41) is -0.459. The van der Waals surface area contributed by atoms with Crippen LogP contribution in [0.1, 0.15) is 15.9 Å². The largest absolute Gasteiger partial charge is 0.457 e. The number of hydrogen-bond acceptors (Lipinski definition) is 2. The van der Waals surface area contributed by atoms with Gasteiger partial charge in [0.2, 0.25) is 0 Å². The van der Waals surface area contributed by atoms with Crippen LogP contribution in [0.3, 0.4) is 0 Å². The van der Waals surface area contributed by atoms with E-state index in [2.05, 4.69) is 0 Å². The molecular weight excluding hydrogens is 236 g/mol. The van der Waals surface area contributed by atoms with Crippen LogP contribution in [0.15, 0.2) is 48.5 Å². The topological polar surface area (TPSA) is 26.3 Å². The van der Waals surface area contributed by atoms with Crippen LogP contribution in [0.5, 0.6) is 11.5 Å². The monoisotopic (exact) mass is 246 g/mol. The molecule has 0 aliphatic carbocycles. The number of carbonyl (C=O) groups is 1. The standard InChI is InChI=1S/C14H11ClO2/c1-10-9-11(14(15)16)7-8-13(10)17-12-5-3-2-4-6-12/h2-9H,1H3. The summed E-state index contributed by atoms with van der Waals surface area (Å²) >= 11 is 5.41. The lowest BCUT2D eigenvalue weighted by Gasteiger charge is -2.08. The maximum atomic E-state index is 11.0. The Morgan fingerprint density at radius 2 is 1.82 bits per heavy atom. The van der Waals surface area contributed by atoms with Crippen molar-refractivity contribution in [1.29, 1.82) is 0 Å². The Morgan fingerprint density at radius 1 is 1.12 bits per heavy atom. The molecule has 0 spiro atoms. The van der Waals surface area contributed by atoms with Crippen LogP contribution in [0.25, 0.3) is 0 Å². The molecule has 0 atom stereocenters. The Morgan fingerprint density at radius 3 is 2.41 bits per heavy atom. The number of carbonyl (C=O) groups excluding carboxylic acids is 1. The molecule has 0 bridgehead atoms. The van der Waals surface area contributed by atoms with Crippen molar-refractivity contribution in [2.24, 2.45) is 0 Å². The van der Waals surface area contributed by atoms with Crippen molar-refractivity contribution in [2.45, 2.75) is 6.92 Å². The summed E-state index contributed by atoms with van der Waals surface area (Å²) in [5.74, 6) is 1.48. The van der Waals surface area contributed by atoms with E-state index in [-0.39, 0.29) is 0 Å². The lowest BCUT2D eigenvalue weighted by atomic mass is 10.1. The quantitative estimate of drug-likeness (QED) is 0.760. The van der Waals surface area contributed by atoms with E-state index in [0.717, 1.165) is 17.1 Å². The molecule has 0 N–H and O–H groups in total. The van der Waals surface area contributed by atoms with E-state index in [1.54, 1.807) is 18.2 Å². The molecule has 0 saturated carbocycles. The van der Waals surface area contributed by atoms with Crippen LogP contribution in [-0.2, 0) is 0 Å². The third-order valence-electron chi connectivity index (χ3n) is 2.37. The van der Waals surface area contributed by atoms with Crippen LogP contribution in [0.4, 0.5) is 0 Å². The van der Waals surface area contributed by atoms with Crippen molar-refractivity contribution in [2.75, 3.05) is 0 Å². The number of hydrogen-bond donors (Lipinski definition) is 0. The van der Waals surface area contributed by atoms with Gasteiger partial charge in [-0.05, 0) is 54.4 Å². The van der Waals surface area contributed by atoms with E-state index < -0.39 is 5.24 Å². The number of ether oxygens (including phenoxy) is 1. The van der Waals surface area contributed by atoms with E-state index in [9.17, 15) is 4.79 Å². The second kappa shape index (κ2) is 5.02. The maximum Gasteiger partial charge on any atom is 0.252 e. The van der Waals surface area contributed by atoms with Crippen molar-refractivity contribution < 1.29 is 9.53 Å².